The van der Waals surface area contributed by atoms with Crippen molar-refractivity contribution in [3.8, 4) is 0 Å². The summed E-state index contributed by atoms with van der Waals surface area (Å²) < 4.78 is 36.4. The van der Waals surface area contributed by atoms with Gasteiger partial charge < -0.3 is 11.1 Å². The van der Waals surface area contributed by atoms with E-state index in [4.69, 9.17) is 17.3 Å². The molecule has 4 nitrogen and oxygen atoms in total. The highest BCUT2D eigenvalue weighted by Gasteiger charge is 2.14. The first kappa shape index (κ1) is 14.6. The molecular weight excluding hydrogens is 303 g/mol. The summed E-state index contributed by atoms with van der Waals surface area (Å²) in [5.74, 6) is -0.502. The third-order valence-corrected chi connectivity index (χ3v) is 3.98. The maximum atomic E-state index is 13.2. The molecule has 0 aliphatic rings. The Kier molecular flexibility index (Phi) is 3.87. The van der Waals surface area contributed by atoms with E-state index in [0.29, 0.717) is 11.4 Å². The van der Waals surface area contributed by atoms with Crippen LogP contribution in [0.5, 0.6) is 0 Å². The molecule has 0 heterocycles. The number of sulfone groups is 1. The molecule has 106 valence electrons. The van der Waals surface area contributed by atoms with Crippen molar-refractivity contribution in [2.45, 2.75) is 4.90 Å². The van der Waals surface area contributed by atoms with E-state index in [0.717, 1.165) is 6.26 Å². The van der Waals surface area contributed by atoms with Crippen LogP contribution in [0.25, 0.3) is 0 Å². The fraction of sp³-hybridized carbons (Fsp3) is 0.0769. The number of nitrogens with two attached hydrogens (primary N) is 1. The molecule has 0 amide bonds. The Balaban J connectivity index is 2.44. The molecule has 3 N–H and O–H groups in total. The van der Waals surface area contributed by atoms with Crippen LogP contribution in [0, 0.1) is 5.82 Å². The van der Waals surface area contributed by atoms with E-state index in [-0.39, 0.29) is 15.6 Å². The molecule has 2 aromatic carbocycles. The molecule has 0 aliphatic heterocycles. The van der Waals surface area contributed by atoms with Crippen molar-refractivity contribution in [3.05, 3.63) is 47.2 Å². The molecule has 0 saturated carbocycles. The van der Waals surface area contributed by atoms with Crippen LogP contribution in [0.4, 0.5) is 21.5 Å². The van der Waals surface area contributed by atoms with Crippen molar-refractivity contribution in [1.82, 2.24) is 0 Å². The van der Waals surface area contributed by atoms with Gasteiger partial charge in [0.15, 0.2) is 9.84 Å². The van der Waals surface area contributed by atoms with Gasteiger partial charge in [-0.25, -0.2) is 12.8 Å². The molecular formula is C13H12ClFN2O2S. The zero-order chi connectivity index (χ0) is 14.9. The Morgan fingerprint density at radius 3 is 2.55 bits per heavy atom. The first-order valence-electron chi connectivity index (χ1n) is 5.59. The summed E-state index contributed by atoms with van der Waals surface area (Å²) >= 11 is 5.75. The summed E-state index contributed by atoms with van der Waals surface area (Å²) in [6.07, 6.45) is 1.07. The van der Waals surface area contributed by atoms with E-state index in [1.54, 1.807) is 12.1 Å². The number of halogens is 2. The Hall–Kier alpha value is -1.79. The van der Waals surface area contributed by atoms with Crippen LogP contribution in [0.15, 0.2) is 41.3 Å². The van der Waals surface area contributed by atoms with Crippen molar-refractivity contribution in [3.63, 3.8) is 0 Å². The molecule has 0 aromatic heterocycles. The number of benzene rings is 2. The smallest absolute Gasteiger partial charge is 0.177 e. The van der Waals surface area contributed by atoms with Gasteiger partial charge in [-0.1, -0.05) is 17.7 Å². The average Bonchev–Trinajstić information content (AvgIpc) is 2.29. The molecule has 20 heavy (non-hydrogen) atoms. The summed E-state index contributed by atoms with van der Waals surface area (Å²) in [6, 6.07) is 8.48. The van der Waals surface area contributed by atoms with Crippen LogP contribution < -0.4 is 11.1 Å². The largest absolute Gasteiger partial charge is 0.396 e. The summed E-state index contributed by atoms with van der Waals surface area (Å²) in [4.78, 5) is 0.0185. The van der Waals surface area contributed by atoms with Gasteiger partial charge in [-0.15, -0.1) is 0 Å². The molecule has 7 heteroatoms. The Morgan fingerprint density at radius 1 is 1.25 bits per heavy atom. The van der Waals surface area contributed by atoms with Crippen LogP contribution in [0.2, 0.25) is 5.02 Å². The first-order chi connectivity index (χ1) is 9.27. The third-order valence-electron chi connectivity index (χ3n) is 2.61. The third kappa shape index (κ3) is 3.20. The second-order valence-electron chi connectivity index (χ2n) is 4.27. The van der Waals surface area contributed by atoms with E-state index in [1.165, 1.54) is 24.3 Å². The van der Waals surface area contributed by atoms with E-state index in [1.807, 2.05) is 0 Å². The lowest BCUT2D eigenvalue weighted by Crippen LogP contribution is -2.05. The van der Waals surface area contributed by atoms with Gasteiger partial charge in [0.25, 0.3) is 0 Å². The molecule has 2 aromatic rings. The lowest BCUT2D eigenvalue weighted by atomic mass is 10.2. The lowest BCUT2D eigenvalue weighted by molar-refractivity contribution is 0.602. The van der Waals surface area contributed by atoms with E-state index >= 15 is 0 Å². The highest BCUT2D eigenvalue weighted by molar-refractivity contribution is 7.90. The molecule has 0 fully saturated rings. The minimum absolute atomic E-state index is 0.0185. The summed E-state index contributed by atoms with van der Waals surface area (Å²) in [6.45, 7) is 0. The number of hydrogen-bond acceptors (Lipinski definition) is 4. The van der Waals surface area contributed by atoms with Crippen LogP contribution in [0.1, 0.15) is 0 Å². The average molecular weight is 315 g/mol. The number of hydrogen-bond donors (Lipinski definition) is 2. The number of anilines is 3. The first-order valence-corrected chi connectivity index (χ1v) is 7.86. The van der Waals surface area contributed by atoms with Crippen LogP contribution in [0.3, 0.4) is 0 Å². The highest BCUT2D eigenvalue weighted by atomic mass is 35.5. The van der Waals surface area contributed by atoms with Crippen LogP contribution in [-0.4, -0.2) is 14.7 Å². The zero-order valence-corrected chi connectivity index (χ0v) is 12.1. The number of nitrogens with one attached hydrogen (secondary N) is 1. The fourth-order valence-corrected chi connectivity index (χ4v) is 2.81. The van der Waals surface area contributed by atoms with Gasteiger partial charge in [0.1, 0.15) is 5.82 Å². The van der Waals surface area contributed by atoms with Crippen LogP contribution >= 0.6 is 11.6 Å². The second-order valence-corrected chi connectivity index (χ2v) is 6.69. The standard InChI is InChI=1S/C13H12ClFN2O2S/c1-20(18,19)12-4-2-3-11(13(12)16)17-10-6-8(14)5-9(15)7-10/h2-7,17H,16H2,1H3. The second kappa shape index (κ2) is 5.30. The lowest BCUT2D eigenvalue weighted by Gasteiger charge is -2.12. The normalized spacial score (nSPS) is 11.3. The number of para-hydroxylation sites is 1. The van der Waals surface area contributed by atoms with E-state index in [9.17, 15) is 12.8 Å². The van der Waals surface area contributed by atoms with Gasteiger partial charge in [-0.3, -0.25) is 0 Å². The molecule has 0 saturated heterocycles. The predicted molar refractivity (Wildman–Crippen MR) is 78.7 cm³/mol. The van der Waals surface area contributed by atoms with E-state index in [2.05, 4.69) is 5.32 Å². The topological polar surface area (TPSA) is 72.2 Å². The van der Waals surface area contributed by atoms with E-state index < -0.39 is 15.7 Å². The predicted octanol–water partition coefficient (Wildman–Crippen LogP) is 3.21. The van der Waals surface area contributed by atoms with Crippen molar-refractivity contribution >= 4 is 38.5 Å². The Bertz CT molecular complexity index is 743. The minimum atomic E-state index is -3.43. The monoisotopic (exact) mass is 314 g/mol. The fourth-order valence-electron chi connectivity index (χ4n) is 1.76. The highest BCUT2D eigenvalue weighted by Crippen LogP contribution is 2.30. The molecule has 2 rings (SSSR count). The summed E-state index contributed by atoms with van der Waals surface area (Å²) in [5.41, 5.74) is 6.66. The minimum Gasteiger partial charge on any atom is -0.396 e. The maximum absolute atomic E-state index is 13.2. The van der Waals surface area contributed by atoms with Crippen molar-refractivity contribution < 1.29 is 12.8 Å². The summed E-state index contributed by atoms with van der Waals surface area (Å²) in [7, 11) is -3.43. The van der Waals surface area contributed by atoms with Crippen LogP contribution in [-0.2, 0) is 9.84 Å². The van der Waals surface area contributed by atoms with Gasteiger partial charge in [0.05, 0.1) is 16.3 Å². The van der Waals surface area contributed by atoms with Gasteiger partial charge in [0, 0.05) is 17.0 Å². The van der Waals surface area contributed by atoms with Gasteiger partial charge >= 0.3 is 0 Å². The molecule has 0 atom stereocenters. The quantitative estimate of drug-likeness (QED) is 0.853. The molecule has 0 radical (unpaired) electrons. The van der Waals surface area contributed by atoms with Gasteiger partial charge in [-0.2, -0.15) is 0 Å². The van der Waals surface area contributed by atoms with Crippen molar-refractivity contribution in [1.29, 1.82) is 0 Å². The van der Waals surface area contributed by atoms with Crippen molar-refractivity contribution in [2.75, 3.05) is 17.3 Å². The molecule has 0 bridgehead atoms. The van der Waals surface area contributed by atoms with Crippen molar-refractivity contribution in [2.24, 2.45) is 0 Å². The molecule has 0 spiro atoms. The summed E-state index contributed by atoms with van der Waals surface area (Å²) in [5, 5.41) is 3.08. The SMILES string of the molecule is CS(=O)(=O)c1cccc(Nc2cc(F)cc(Cl)c2)c1N. The molecule has 0 unspecified atom stereocenters. The zero-order valence-electron chi connectivity index (χ0n) is 10.5. The van der Waals surface area contributed by atoms with Gasteiger partial charge in [-0.05, 0) is 30.3 Å². The maximum Gasteiger partial charge on any atom is 0.177 e. The number of nitrogen functional groups attached to an aromatic ring is 1. The Morgan fingerprint density at radius 2 is 1.95 bits per heavy atom. The van der Waals surface area contributed by atoms with Gasteiger partial charge in [0.2, 0.25) is 0 Å². The molecule has 0 aliphatic carbocycles. The Labute approximate surface area is 121 Å². The number of rotatable bonds is 3.